The van der Waals surface area contributed by atoms with E-state index in [1.165, 1.54) is 6.07 Å². The molecule has 1 aliphatic heterocycles. The molecule has 0 aromatic heterocycles. The molecule has 2 amide bonds. The van der Waals surface area contributed by atoms with Crippen LogP contribution < -0.4 is 10.6 Å². The third-order valence-corrected chi connectivity index (χ3v) is 3.45. The topological polar surface area (TPSA) is 70.6 Å². The zero-order valence-electron chi connectivity index (χ0n) is 12.1. The number of halogens is 1. The molecule has 2 aromatic carbocycles. The van der Waals surface area contributed by atoms with Crippen molar-refractivity contribution in [1.29, 1.82) is 0 Å². The fourth-order valence-electron chi connectivity index (χ4n) is 2.35. The SMILES string of the molecule is O=C1C[C@H](c2ccccc2F)N=C(NC(=O)c2ccccc2)N1. The summed E-state index contributed by atoms with van der Waals surface area (Å²) in [5, 5.41) is 5.03. The number of rotatable bonds is 2. The van der Waals surface area contributed by atoms with Gasteiger partial charge in [0.15, 0.2) is 0 Å². The molecule has 0 fully saturated rings. The molecule has 1 heterocycles. The van der Waals surface area contributed by atoms with E-state index in [-0.39, 0.29) is 24.2 Å². The van der Waals surface area contributed by atoms with E-state index in [4.69, 9.17) is 0 Å². The Balaban J connectivity index is 1.83. The van der Waals surface area contributed by atoms with Gasteiger partial charge in [-0.1, -0.05) is 36.4 Å². The van der Waals surface area contributed by atoms with Gasteiger partial charge >= 0.3 is 0 Å². The number of hydrogen-bond donors (Lipinski definition) is 2. The Bertz CT molecular complexity index is 774. The van der Waals surface area contributed by atoms with Crippen molar-refractivity contribution in [2.24, 2.45) is 4.99 Å². The molecule has 0 bridgehead atoms. The predicted octanol–water partition coefficient (Wildman–Crippen LogP) is 2.17. The number of nitrogens with one attached hydrogen (secondary N) is 2. The maximum absolute atomic E-state index is 13.9. The number of aliphatic imine (C=N–C) groups is 1. The summed E-state index contributed by atoms with van der Waals surface area (Å²) in [6.45, 7) is 0. The Labute approximate surface area is 132 Å². The molecule has 0 unspecified atom stereocenters. The van der Waals surface area contributed by atoms with Gasteiger partial charge in [0, 0.05) is 11.1 Å². The number of hydrogen-bond acceptors (Lipinski definition) is 3. The molecule has 116 valence electrons. The predicted molar refractivity (Wildman–Crippen MR) is 83.2 cm³/mol. The highest BCUT2D eigenvalue weighted by Gasteiger charge is 2.25. The van der Waals surface area contributed by atoms with Crippen molar-refractivity contribution in [2.75, 3.05) is 0 Å². The highest BCUT2D eigenvalue weighted by Crippen LogP contribution is 2.25. The van der Waals surface area contributed by atoms with Crippen molar-refractivity contribution in [3.8, 4) is 0 Å². The molecular formula is C17H14FN3O2. The molecule has 0 aliphatic carbocycles. The standard InChI is InChI=1S/C17H14FN3O2/c18-13-9-5-4-8-12(13)14-10-15(22)20-17(19-14)21-16(23)11-6-2-1-3-7-11/h1-9,14H,10H2,(H2,19,20,21,22,23)/t14-/m1/s1. The van der Waals surface area contributed by atoms with Gasteiger partial charge < -0.3 is 0 Å². The lowest BCUT2D eigenvalue weighted by atomic mass is 10.0. The minimum Gasteiger partial charge on any atom is -0.296 e. The van der Waals surface area contributed by atoms with Gasteiger partial charge in [-0.25, -0.2) is 9.38 Å². The summed E-state index contributed by atoms with van der Waals surface area (Å²) in [6, 6.07) is 14.1. The third kappa shape index (κ3) is 3.42. The van der Waals surface area contributed by atoms with Gasteiger partial charge in [0.1, 0.15) is 5.82 Å². The van der Waals surface area contributed by atoms with Crippen LogP contribution in [0.3, 0.4) is 0 Å². The van der Waals surface area contributed by atoms with E-state index in [2.05, 4.69) is 15.6 Å². The van der Waals surface area contributed by atoms with Crippen LogP contribution >= 0.6 is 0 Å². The molecule has 0 radical (unpaired) electrons. The number of guanidine groups is 1. The zero-order valence-corrected chi connectivity index (χ0v) is 12.1. The summed E-state index contributed by atoms with van der Waals surface area (Å²) in [6.07, 6.45) is 0.0334. The van der Waals surface area contributed by atoms with Crippen molar-refractivity contribution >= 4 is 17.8 Å². The second-order valence-corrected chi connectivity index (χ2v) is 5.09. The van der Waals surface area contributed by atoms with Crippen LogP contribution in [0.5, 0.6) is 0 Å². The van der Waals surface area contributed by atoms with Crippen LogP contribution in [0.4, 0.5) is 4.39 Å². The molecule has 6 heteroatoms. The first-order valence-electron chi connectivity index (χ1n) is 7.12. The highest BCUT2D eigenvalue weighted by molar-refractivity contribution is 6.10. The van der Waals surface area contributed by atoms with E-state index in [0.717, 1.165) is 0 Å². The molecule has 3 rings (SSSR count). The Kier molecular flexibility index (Phi) is 4.14. The molecule has 0 saturated heterocycles. The second kappa shape index (κ2) is 6.39. The summed E-state index contributed by atoms with van der Waals surface area (Å²) in [7, 11) is 0. The highest BCUT2D eigenvalue weighted by atomic mass is 19.1. The quantitative estimate of drug-likeness (QED) is 0.892. The first kappa shape index (κ1) is 14.9. The number of benzene rings is 2. The van der Waals surface area contributed by atoms with Crippen molar-refractivity contribution in [1.82, 2.24) is 10.6 Å². The lowest BCUT2D eigenvalue weighted by Crippen LogP contribution is -2.47. The first-order valence-corrected chi connectivity index (χ1v) is 7.12. The number of carbonyl (C=O) groups excluding carboxylic acids is 2. The van der Waals surface area contributed by atoms with Crippen molar-refractivity contribution in [2.45, 2.75) is 12.5 Å². The summed E-state index contributed by atoms with van der Waals surface area (Å²) in [4.78, 5) is 28.2. The Morgan fingerprint density at radius 2 is 1.83 bits per heavy atom. The minimum absolute atomic E-state index is 0.0309. The van der Waals surface area contributed by atoms with Crippen LogP contribution in [0.15, 0.2) is 59.6 Å². The average molecular weight is 311 g/mol. The molecule has 23 heavy (non-hydrogen) atoms. The summed E-state index contributed by atoms with van der Waals surface area (Å²) in [5.41, 5.74) is 0.770. The van der Waals surface area contributed by atoms with Crippen molar-refractivity contribution in [3.63, 3.8) is 0 Å². The lowest BCUT2D eigenvalue weighted by Gasteiger charge is -2.21. The summed E-state index contributed by atoms with van der Waals surface area (Å²) < 4.78 is 13.9. The maximum Gasteiger partial charge on any atom is 0.257 e. The number of amides is 2. The van der Waals surface area contributed by atoms with Gasteiger partial charge in [0.05, 0.1) is 12.5 Å². The normalized spacial score (nSPS) is 17.2. The van der Waals surface area contributed by atoms with E-state index in [9.17, 15) is 14.0 Å². The molecule has 0 spiro atoms. The smallest absolute Gasteiger partial charge is 0.257 e. The Hall–Kier alpha value is -3.02. The van der Waals surface area contributed by atoms with Gasteiger partial charge in [-0.05, 0) is 18.2 Å². The first-order chi connectivity index (χ1) is 11.1. The van der Waals surface area contributed by atoms with E-state index < -0.39 is 11.9 Å². The van der Waals surface area contributed by atoms with Crippen LogP contribution in [0.2, 0.25) is 0 Å². The third-order valence-electron chi connectivity index (χ3n) is 3.45. The van der Waals surface area contributed by atoms with E-state index in [1.807, 2.05) is 0 Å². The van der Waals surface area contributed by atoms with E-state index >= 15 is 0 Å². The maximum atomic E-state index is 13.9. The van der Waals surface area contributed by atoms with Crippen LogP contribution in [0.25, 0.3) is 0 Å². The average Bonchev–Trinajstić information content (AvgIpc) is 2.55. The van der Waals surface area contributed by atoms with Gasteiger partial charge in [-0.3, -0.25) is 20.2 Å². The van der Waals surface area contributed by atoms with Crippen LogP contribution in [-0.2, 0) is 4.79 Å². The molecule has 2 aromatic rings. The van der Waals surface area contributed by atoms with Crippen LogP contribution in [0, 0.1) is 5.82 Å². The van der Waals surface area contributed by atoms with E-state index in [0.29, 0.717) is 11.1 Å². The zero-order chi connectivity index (χ0) is 16.2. The van der Waals surface area contributed by atoms with Gasteiger partial charge in [0.2, 0.25) is 11.9 Å². The molecule has 1 atom stereocenters. The van der Waals surface area contributed by atoms with Gasteiger partial charge in [-0.15, -0.1) is 0 Å². The minimum atomic E-state index is -0.656. The van der Waals surface area contributed by atoms with Crippen LogP contribution in [-0.4, -0.2) is 17.8 Å². The fourth-order valence-corrected chi connectivity index (χ4v) is 2.35. The van der Waals surface area contributed by atoms with Gasteiger partial charge in [0.25, 0.3) is 5.91 Å². The van der Waals surface area contributed by atoms with Gasteiger partial charge in [-0.2, -0.15) is 0 Å². The molecular weight excluding hydrogens is 297 g/mol. The Morgan fingerprint density at radius 3 is 2.57 bits per heavy atom. The molecule has 1 aliphatic rings. The molecule has 2 N–H and O–H groups in total. The fraction of sp³-hybridized carbons (Fsp3) is 0.118. The lowest BCUT2D eigenvalue weighted by molar-refractivity contribution is -0.120. The number of nitrogens with zero attached hydrogens (tertiary/aromatic N) is 1. The van der Waals surface area contributed by atoms with Crippen molar-refractivity contribution in [3.05, 3.63) is 71.5 Å². The van der Waals surface area contributed by atoms with E-state index in [1.54, 1.807) is 48.5 Å². The summed E-state index contributed by atoms with van der Waals surface area (Å²) in [5.74, 6) is -1.11. The largest absolute Gasteiger partial charge is 0.296 e. The second-order valence-electron chi connectivity index (χ2n) is 5.09. The molecule has 5 nitrogen and oxygen atoms in total. The molecule has 0 saturated carbocycles. The van der Waals surface area contributed by atoms with Crippen molar-refractivity contribution < 1.29 is 14.0 Å². The number of carbonyl (C=O) groups is 2. The Morgan fingerprint density at radius 1 is 1.13 bits per heavy atom. The monoisotopic (exact) mass is 311 g/mol. The summed E-state index contributed by atoms with van der Waals surface area (Å²) >= 11 is 0. The van der Waals surface area contributed by atoms with Crippen LogP contribution in [0.1, 0.15) is 28.4 Å².